The van der Waals surface area contributed by atoms with Crippen LogP contribution in [-0.4, -0.2) is 34.4 Å². The van der Waals surface area contributed by atoms with Crippen LogP contribution in [0.4, 0.5) is 11.6 Å². The van der Waals surface area contributed by atoms with Crippen molar-refractivity contribution >= 4 is 52.7 Å². The van der Waals surface area contributed by atoms with Gasteiger partial charge in [-0.2, -0.15) is 5.26 Å². The van der Waals surface area contributed by atoms with Gasteiger partial charge in [0.2, 0.25) is 5.95 Å². The third-order valence-electron chi connectivity index (χ3n) is 5.37. The van der Waals surface area contributed by atoms with Crippen LogP contribution in [0.1, 0.15) is 28.8 Å². The number of hydroxylamine groups is 2. The van der Waals surface area contributed by atoms with Gasteiger partial charge in [0, 0.05) is 24.6 Å². The van der Waals surface area contributed by atoms with E-state index in [9.17, 15) is 14.8 Å². The largest absolute Gasteiger partial charge is 0.622 e. The zero-order chi connectivity index (χ0) is 27.5. The zero-order valence-electron chi connectivity index (χ0n) is 20.2. The number of hydrogen-bond donors (Lipinski definition) is 2. The van der Waals surface area contributed by atoms with Gasteiger partial charge in [0.15, 0.2) is 0 Å². The summed E-state index contributed by atoms with van der Waals surface area (Å²) < 4.78 is 0. The summed E-state index contributed by atoms with van der Waals surface area (Å²) in [7, 11) is 0. The maximum Gasteiger partial charge on any atom is 0.339 e. The van der Waals surface area contributed by atoms with Crippen LogP contribution in [0, 0.1) is 16.5 Å². The highest BCUT2D eigenvalue weighted by Crippen LogP contribution is 2.25. The van der Waals surface area contributed by atoms with Crippen LogP contribution in [0.2, 0.25) is 10.0 Å². The Morgan fingerprint density at radius 2 is 1.79 bits per heavy atom. The molecular weight excluding hydrogens is 527 g/mol. The Hall–Kier alpha value is -4.07. The minimum Gasteiger partial charge on any atom is -0.622 e. The molecule has 2 atom stereocenters. The standard InChI is InChI=1S/C27H24Cl2N6O3/c1-2-35(38)26(37)23(33-25(36)24-21(28)8-4-9-22(24)29)10-3-7-19-11-13-20(14-12-19)34(18-5-15-30)27-31-16-6-17-32-27/h2-4,6-9,11-14,16-17,23,35H,1,5,10,18H2,(H,33,36)/b7-3+. The monoisotopic (exact) mass is 550 g/mol. The van der Waals surface area contributed by atoms with Gasteiger partial charge in [-0.15, -0.1) is 0 Å². The molecule has 2 aromatic carbocycles. The number of rotatable bonds is 11. The van der Waals surface area contributed by atoms with Gasteiger partial charge >= 0.3 is 5.91 Å². The molecule has 3 rings (SSSR count). The number of carbonyl (C=O) groups is 2. The highest BCUT2D eigenvalue weighted by molar-refractivity contribution is 6.39. The van der Waals surface area contributed by atoms with E-state index in [1.165, 1.54) is 12.1 Å². The Labute approximate surface area is 230 Å². The molecule has 2 amide bonds. The van der Waals surface area contributed by atoms with Crippen molar-refractivity contribution in [3.05, 3.63) is 106 Å². The molecule has 1 heterocycles. The average Bonchev–Trinajstić information content (AvgIpc) is 2.93. The number of quaternary nitrogens is 1. The molecule has 2 unspecified atom stereocenters. The van der Waals surface area contributed by atoms with Gasteiger partial charge in [0.1, 0.15) is 6.04 Å². The van der Waals surface area contributed by atoms with Crippen LogP contribution in [0.15, 0.2) is 79.8 Å². The number of aromatic nitrogens is 2. The van der Waals surface area contributed by atoms with Gasteiger partial charge in [-0.25, -0.2) is 14.8 Å². The predicted molar refractivity (Wildman–Crippen MR) is 147 cm³/mol. The minimum absolute atomic E-state index is 0.0163. The second-order valence-electron chi connectivity index (χ2n) is 7.89. The molecular formula is C27H24Cl2N6O3. The van der Waals surface area contributed by atoms with Crippen LogP contribution >= 0.6 is 23.2 Å². The Morgan fingerprint density at radius 1 is 1.13 bits per heavy atom. The molecule has 0 aliphatic carbocycles. The van der Waals surface area contributed by atoms with Crippen molar-refractivity contribution in [3.8, 4) is 6.07 Å². The normalized spacial score (nSPS) is 12.4. The lowest BCUT2D eigenvalue weighted by atomic mass is 10.1. The third-order valence-corrected chi connectivity index (χ3v) is 6.00. The summed E-state index contributed by atoms with van der Waals surface area (Å²) in [6.07, 6.45) is 7.94. The lowest BCUT2D eigenvalue weighted by Gasteiger charge is -2.22. The number of nitrogens with zero attached hydrogens (tertiary/aromatic N) is 4. The van der Waals surface area contributed by atoms with E-state index >= 15 is 0 Å². The summed E-state index contributed by atoms with van der Waals surface area (Å²) in [6.45, 7) is 3.77. The summed E-state index contributed by atoms with van der Waals surface area (Å²) >= 11 is 12.2. The molecule has 0 aliphatic heterocycles. The SMILES string of the molecule is C=C[NH+]([O-])C(=O)C(C/C=C/c1ccc(N(CCC#N)c2ncccn2)cc1)NC(=O)c1c(Cl)cccc1Cl. The molecule has 2 N–H and O–H groups in total. The van der Waals surface area contributed by atoms with Gasteiger partial charge in [0.25, 0.3) is 5.91 Å². The molecule has 0 fully saturated rings. The van der Waals surface area contributed by atoms with Crippen molar-refractivity contribution in [2.24, 2.45) is 0 Å². The summed E-state index contributed by atoms with van der Waals surface area (Å²) in [4.78, 5) is 35.8. The highest BCUT2D eigenvalue weighted by Gasteiger charge is 2.27. The summed E-state index contributed by atoms with van der Waals surface area (Å²) in [5, 5.41) is 23.0. The fourth-order valence-corrected chi connectivity index (χ4v) is 4.06. The van der Waals surface area contributed by atoms with E-state index in [2.05, 4.69) is 27.9 Å². The van der Waals surface area contributed by atoms with E-state index in [4.69, 9.17) is 28.5 Å². The second-order valence-corrected chi connectivity index (χ2v) is 8.71. The number of benzene rings is 2. The molecule has 0 saturated heterocycles. The van der Waals surface area contributed by atoms with Crippen LogP contribution < -0.4 is 15.3 Å². The first-order valence-corrected chi connectivity index (χ1v) is 12.2. The van der Waals surface area contributed by atoms with Crippen molar-refractivity contribution < 1.29 is 14.7 Å². The summed E-state index contributed by atoms with van der Waals surface area (Å²) in [5.74, 6) is -1.00. The molecule has 0 spiro atoms. The number of anilines is 2. The minimum atomic E-state index is -1.15. The summed E-state index contributed by atoms with van der Waals surface area (Å²) in [5.41, 5.74) is 1.63. The molecule has 0 bridgehead atoms. The van der Waals surface area contributed by atoms with E-state index in [0.717, 1.165) is 17.5 Å². The Bertz CT molecular complexity index is 1320. The average molecular weight is 551 g/mol. The molecule has 9 nitrogen and oxygen atoms in total. The van der Waals surface area contributed by atoms with Crippen molar-refractivity contribution in [3.63, 3.8) is 0 Å². The van der Waals surface area contributed by atoms with E-state index in [1.807, 2.05) is 29.2 Å². The van der Waals surface area contributed by atoms with E-state index in [-0.39, 0.29) is 22.0 Å². The summed E-state index contributed by atoms with van der Waals surface area (Å²) in [6, 6.07) is 14.7. The van der Waals surface area contributed by atoms with Crippen molar-refractivity contribution in [2.75, 3.05) is 11.4 Å². The molecule has 194 valence electrons. The van der Waals surface area contributed by atoms with Crippen LogP contribution in [0.5, 0.6) is 0 Å². The molecule has 3 aromatic rings. The number of nitriles is 1. The zero-order valence-corrected chi connectivity index (χ0v) is 21.7. The predicted octanol–water partition coefficient (Wildman–Crippen LogP) is 4.09. The molecule has 0 radical (unpaired) electrons. The fourth-order valence-electron chi connectivity index (χ4n) is 3.49. The quantitative estimate of drug-likeness (QED) is 0.344. The highest BCUT2D eigenvalue weighted by atomic mass is 35.5. The maximum atomic E-state index is 12.8. The molecule has 38 heavy (non-hydrogen) atoms. The number of amides is 2. The number of carbonyl (C=O) groups excluding carboxylic acids is 2. The molecule has 11 heteroatoms. The Morgan fingerprint density at radius 3 is 2.39 bits per heavy atom. The van der Waals surface area contributed by atoms with Crippen LogP contribution in [0.3, 0.4) is 0 Å². The number of hydrogen-bond acceptors (Lipinski definition) is 7. The maximum absolute atomic E-state index is 12.8. The Kier molecular flexibility index (Phi) is 10.5. The van der Waals surface area contributed by atoms with Gasteiger partial charge in [0.05, 0.1) is 34.3 Å². The molecule has 1 aromatic heterocycles. The first kappa shape index (κ1) is 28.5. The lowest BCUT2D eigenvalue weighted by molar-refractivity contribution is -0.705. The van der Waals surface area contributed by atoms with E-state index in [1.54, 1.807) is 36.7 Å². The second kappa shape index (κ2) is 14.0. The first-order valence-electron chi connectivity index (χ1n) is 11.5. The van der Waals surface area contributed by atoms with E-state index < -0.39 is 22.9 Å². The van der Waals surface area contributed by atoms with Crippen molar-refractivity contribution in [1.29, 1.82) is 5.26 Å². The van der Waals surface area contributed by atoms with E-state index in [0.29, 0.717) is 18.9 Å². The molecule has 0 aliphatic rings. The number of nitrogens with one attached hydrogen (secondary N) is 2. The van der Waals surface area contributed by atoms with Gasteiger partial charge in [-0.3, -0.25) is 9.86 Å². The van der Waals surface area contributed by atoms with Crippen molar-refractivity contribution in [2.45, 2.75) is 18.9 Å². The smallest absolute Gasteiger partial charge is 0.339 e. The Balaban J connectivity index is 1.75. The number of halogens is 2. The van der Waals surface area contributed by atoms with Gasteiger partial charge < -0.3 is 15.4 Å². The van der Waals surface area contributed by atoms with Crippen LogP contribution in [-0.2, 0) is 4.79 Å². The fraction of sp³-hybridized carbons (Fsp3) is 0.148. The van der Waals surface area contributed by atoms with Crippen molar-refractivity contribution in [1.82, 2.24) is 15.3 Å². The van der Waals surface area contributed by atoms with Gasteiger partial charge in [-0.05, 0) is 48.9 Å². The first-order chi connectivity index (χ1) is 18.3. The lowest BCUT2D eigenvalue weighted by Crippen LogP contribution is -3.07. The van der Waals surface area contributed by atoms with Gasteiger partial charge in [-0.1, -0.05) is 53.6 Å². The van der Waals surface area contributed by atoms with Crippen LogP contribution in [0.25, 0.3) is 6.08 Å². The third kappa shape index (κ3) is 7.47. The topological polar surface area (TPSA) is 126 Å². The molecule has 0 saturated carbocycles.